The minimum absolute atomic E-state index is 0.0237. The van der Waals surface area contributed by atoms with E-state index in [0.717, 1.165) is 16.7 Å². The molecule has 0 saturated carbocycles. The number of amides is 1. The highest BCUT2D eigenvalue weighted by atomic mass is 16.5. The zero-order valence-corrected chi connectivity index (χ0v) is 16.5. The number of ether oxygens (including phenoxy) is 1. The van der Waals surface area contributed by atoms with Crippen LogP contribution in [0.15, 0.2) is 53.6 Å². The van der Waals surface area contributed by atoms with Crippen molar-refractivity contribution in [1.29, 1.82) is 0 Å². The minimum Gasteiger partial charge on any atom is -0.456 e. The maximum atomic E-state index is 12.5. The van der Waals surface area contributed by atoms with Crippen molar-refractivity contribution < 1.29 is 14.3 Å². The third kappa shape index (κ3) is 5.28. The van der Waals surface area contributed by atoms with Crippen LogP contribution in [0.5, 0.6) is 0 Å². The number of para-hydroxylation sites is 1. The molecule has 150 valence electrons. The SMILES string of the molecule is Cc1ccc(CNC(=O)COC(=O)CCn2cnc3c(C)cccc3c2=O)cc1. The molecule has 0 saturated heterocycles. The number of benzene rings is 2. The maximum Gasteiger partial charge on any atom is 0.308 e. The quantitative estimate of drug-likeness (QED) is 0.622. The Morgan fingerprint density at radius 2 is 1.86 bits per heavy atom. The fourth-order valence-electron chi connectivity index (χ4n) is 2.88. The number of nitrogens with one attached hydrogen (secondary N) is 1. The van der Waals surface area contributed by atoms with Crippen LogP contribution in [0.25, 0.3) is 10.9 Å². The van der Waals surface area contributed by atoms with Crippen molar-refractivity contribution in [2.75, 3.05) is 6.61 Å². The highest BCUT2D eigenvalue weighted by Crippen LogP contribution is 2.11. The van der Waals surface area contributed by atoms with Crippen LogP contribution >= 0.6 is 0 Å². The molecule has 0 unspecified atom stereocenters. The summed E-state index contributed by atoms with van der Waals surface area (Å²) in [4.78, 5) is 40.6. The van der Waals surface area contributed by atoms with E-state index in [-0.39, 0.29) is 31.0 Å². The third-order valence-electron chi connectivity index (χ3n) is 4.59. The number of esters is 1. The zero-order chi connectivity index (χ0) is 20.8. The molecule has 0 bridgehead atoms. The Bertz CT molecular complexity index is 1090. The number of aromatic nitrogens is 2. The molecular weight excluding hydrogens is 370 g/mol. The van der Waals surface area contributed by atoms with E-state index in [1.807, 2.05) is 44.2 Å². The number of carbonyl (C=O) groups is 2. The lowest BCUT2D eigenvalue weighted by molar-refractivity contribution is -0.148. The van der Waals surface area contributed by atoms with Crippen LogP contribution in [0.1, 0.15) is 23.1 Å². The molecule has 1 amide bonds. The van der Waals surface area contributed by atoms with Crippen LogP contribution in [0.3, 0.4) is 0 Å². The van der Waals surface area contributed by atoms with Gasteiger partial charge in [0.1, 0.15) is 0 Å². The molecule has 7 nitrogen and oxygen atoms in total. The molecule has 7 heteroatoms. The molecule has 0 fully saturated rings. The molecule has 1 heterocycles. The summed E-state index contributed by atoms with van der Waals surface area (Å²) in [7, 11) is 0. The molecule has 1 aromatic heterocycles. The molecule has 0 atom stereocenters. The minimum atomic E-state index is -0.549. The second-order valence-corrected chi connectivity index (χ2v) is 6.89. The number of carbonyl (C=O) groups excluding carboxylic acids is 2. The lowest BCUT2D eigenvalue weighted by Crippen LogP contribution is -2.29. The molecule has 2 aromatic carbocycles. The van der Waals surface area contributed by atoms with Crippen LogP contribution in [-0.4, -0.2) is 28.0 Å². The smallest absolute Gasteiger partial charge is 0.308 e. The van der Waals surface area contributed by atoms with E-state index < -0.39 is 5.97 Å². The van der Waals surface area contributed by atoms with Gasteiger partial charge >= 0.3 is 5.97 Å². The monoisotopic (exact) mass is 393 g/mol. The van der Waals surface area contributed by atoms with Crippen molar-refractivity contribution >= 4 is 22.8 Å². The summed E-state index contributed by atoms with van der Waals surface area (Å²) in [6.45, 7) is 4.04. The number of nitrogens with zero attached hydrogens (tertiary/aromatic N) is 2. The lowest BCUT2D eigenvalue weighted by Gasteiger charge is -2.09. The van der Waals surface area contributed by atoms with Gasteiger partial charge < -0.3 is 10.1 Å². The van der Waals surface area contributed by atoms with Crippen molar-refractivity contribution in [1.82, 2.24) is 14.9 Å². The van der Waals surface area contributed by atoms with Crippen molar-refractivity contribution in [2.24, 2.45) is 0 Å². The van der Waals surface area contributed by atoms with Gasteiger partial charge in [0.15, 0.2) is 6.61 Å². The molecule has 3 aromatic rings. The highest BCUT2D eigenvalue weighted by molar-refractivity contribution is 5.81. The fourth-order valence-corrected chi connectivity index (χ4v) is 2.88. The molecule has 3 rings (SSSR count). The Kier molecular flexibility index (Phi) is 6.39. The molecule has 29 heavy (non-hydrogen) atoms. The molecule has 0 radical (unpaired) electrons. The summed E-state index contributed by atoms with van der Waals surface area (Å²) in [5.41, 5.74) is 3.48. The van der Waals surface area contributed by atoms with E-state index in [4.69, 9.17) is 4.74 Å². The van der Waals surface area contributed by atoms with Crippen LogP contribution in [-0.2, 0) is 27.4 Å². The van der Waals surface area contributed by atoms with Crippen LogP contribution in [0, 0.1) is 13.8 Å². The topological polar surface area (TPSA) is 90.3 Å². The summed E-state index contributed by atoms with van der Waals surface area (Å²) in [5, 5.41) is 3.21. The van der Waals surface area contributed by atoms with Gasteiger partial charge in [-0.25, -0.2) is 4.98 Å². The highest BCUT2D eigenvalue weighted by Gasteiger charge is 2.10. The number of hydrogen-bond donors (Lipinski definition) is 1. The van der Waals surface area contributed by atoms with Gasteiger partial charge in [-0.15, -0.1) is 0 Å². The fraction of sp³-hybridized carbons (Fsp3) is 0.273. The first kappa shape index (κ1) is 20.3. The average Bonchev–Trinajstić information content (AvgIpc) is 2.72. The van der Waals surface area contributed by atoms with E-state index >= 15 is 0 Å². The first-order chi connectivity index (χ1) is 13.9. The second kappa shape index (κ2) is 9.14. The maximum absolute atomic E-state index is 12.5. The number of fused-ring (bicyclic) bond motifs is 1. The Morgan fingerprint density at radius 1 is 1.10 bits per heavy atom. The Balaban J connectivity index is 1.47. The molecule has 0 aliphatic rings. The predicted molar refractivity (Wildman–Crippen MR) is 109 cm³/mol. The first-order valence-electron chi connectivity index (χ1n) is 9.36. The molecule has 1 N–H and O–H groups in total. The summed E-state index contributed by atoms with van der Waals surface area (Å²) >= 11 is 0. The van der Waals surface area contributed by atoms with Gasteiger partial charge in [-0.3, -0.25) is 19.0 Å². The van der Waals surface area contributed by atoms with Crippen molar-refractivity contribution in [3.8, 4) is 0 Å². The van der Waals surface area contributed by atoms with Gasteiger partial charge in [-0.1, -0.05) is 42.0 Å². The lowest BCUT2D eigenvalue weighted by atomic mass is 10.1. The normalized spacial score (nSPS) is 10.7. The largest absolute Gasteiger partial charge is 0.456 e. The number of hydrogen-bond acceptors (Lipinski definition) is 5. The van der Waals surface area contributed by atoms with Gasteiger partial charge in [0.25, 0.3) is 11.5 Å². The van der Waals surface area contributed by atoms with Gasteiger partial charge in [-0.2, -0.15) is 0 Å². The summed E-state index contributed by atoms with van der Waals surface area (Å²) in [6.07, 6.45) is 1.41. The standard InChI is InChI=1S/C22H23N3O4/c1-15-6-8-17(9-7-15)12-23-19(26)13-29-20(27)10-11-25-14-24-21-16(2)4-3-5-18(21)22(25)28/h3-9,14H,10-13H2,1-2H3,(H,23,26). The number of aryl methyl sites for hydroxylation is 3. The van der Waals surface area contributed by atoms with Crippen molar-refractivity contribution in [3.05, 3.63) is 75.8 Å². The van der Waals surface area contributed by atoms with Gasteiger partial charge in [0.2, 0.25) is 0 Å². The van der Waals surface area contributed by atoms with Crippen molar-refractivity contribution in [2.45, 2.75) is 33.4 Å². The van der Waals surface area contributed by atoms with E-state index in [2.05, 4.69) is 10.3 Å². The second-order valence-electron chi connectivity index (χ2n) is 6.89. The van der Waals surface area contributed by atoms with Gasteiger partial charge in [0.05, 0.1) is 23.7 Å². The summed E-state index contributed by atoms with van der Waals surface area (Å²) in [5.74, 6) is -0.925. The molecule has 0 spiro atoms. The molecule has 0 aliphatic carbocycles. The Hall–Kier alpha value is -3.48. The first-order valence-corrected chi connectivity index (χ1v) is 9.36. The Labute approximate surface area is 168 Å². The predicted octanol–water partition coefficient (Wildman–Crippen LogP) is 2.26. The molecule has 0 aliphatic heterocycles. The van der Waals surface area contributed by atoms with Crippen LogP contribution in [0.2, 0.25) is 0 Å². The zero-order valence-electron chi connectivity index (χ0n) is 16.5. The van der Waals surface area contributed by atoms with Crippen LogP contribution < -0.4 is 10.9 Å². The average molecular weight is 393 g/mol. The van der Waals surface area contributed by atoms with E-state index in [0.29, 0.717) is 17.4 Å². The van der Waals surface area contributed by atoms with Gasteiger partial charge in [-0.05, 0) is 31.0 Å². The van der Waals surface area contributed by atoms with Gasteiger partial charge in [0, 0.05) is 13.1 Å². The number of rotatable bonds is 7. The molecular formula is C22H23N3O4. The summed E-state index contributed by atoms with van der Waals surface area (Å²) < 4.78 is 6.37. The van der Waals surface area contributed by atoms with E-state index in [9.17, 15) is 14.4 Å². The van der Waals surface area contributed by atoms with Crippen molar-refractivity contribution in [3.63, 3.8) is 0 Å². The third-order valence-corrected chi connectivity index (χ3v) is 4.59. The van der Waals surface area contributed by atoms with Crippen LogP contribution in [0.4, 0.5) is 0 Å². The van der Waals surface area contributed by atoms with E-state index in [1.165, 1.54) is 10.9 Å². The summed E-state index contributed by atoms with van der Waals surface area (Å²) in [6, 6.07) is 13.2. The van der Waals surface area contributed by atoms with E-state index in [1.54, 1.807) is 12.1 Å². The Morgan fingerprint density at radius 3 is 2.62 bits per heavy atom.